The molecule has 1 atom stereocenters. The summed E-state index contributed by atoms with van der Waals surface area (Å²) in [5.41, 5.74) is 1.67. The minimum absolute atomic E-state index is 0.638. The van der Waals surface area contributed by atoms with Crippen molar-refractivity contribution in [2.75, 3.05) is 26.2 Å². The number of hydrogen-bond donors (Lipinski definition) is 2. The van der Waals surface area contributed by atoms with E-state index in [0.717, 1.165) is 25.2 Å². The average molecular weight is 288 g/mol. The van der Waals surface area contributed by atoms with Gasteiger partial charge in [-0.1, -0.05) is 30.7 Å². The Hall–Kier alpha value is -0.875. The predicted octanol–water partition coefficient (Wildman–Crippen LogP) is 0.427. The lowest BCUT2D eigenvalue weighted by Crippen LogP contribution is -2.41. The number of benzene rings is 1. The molecule has 1 aromatic carbocycles. The van der Waals surface area contributed by atoms with E-state index in [-0.39, 0.29) is 0 Å². The van der Waals surface area contributed by atoms with Gasteiger partial charge >= 0.3 is 7.12 Å². The number of piperidine rings is 1. The van der Waals surface area contributed by atoms with Gasteiger partial charge in [0.2, 0.25) is 0 Å². The molecule has 2 N–H and O–H groups in total. The minimum atomic E-state index is -1.37. The van der Waals surface area contributed by atoms with Crippen molar-refractivity contribution < 1.29 is 10.0 Å². The molecule has 1 unspecified atom stereocenters. The van der Waals surface area contributed by atoms with E-state index in [9.17, 15) is 10.0 Å². The Balaban J connectivity index is 1.59. The molecule has 4 nitrogen and oxygen atoms in total. The monoisotopic (exact) mass is 288 g/mol. The van der Waals surface area contributed by atoms with Crippen molar-refractivity contribution in [2.45, 2.75) is 38.3 Å². The van der Waals surface area contributed by atoms with Gasteiger partial charge in [0.1, 0.15) is 0 Å². The van der Waals surface area contributed by atoms with Crippen molar-refractivity contribution in [3.8, 4) is 0 Å². The van der Waals surface area contributed by atoms with Crippen molar-refractivity contribution in [1.29, 1.82) is 0 Å². The average Bonchev–Trinajstić information content (AvgIpc) is 2.97. The lowest BCUT2D eigenvalue weighted by atomic mass is 9.77. The van der Waals surface area contributed by atoms with E-state index in [1.54, 1.807) is 6.07 Å². The molecule has 2 heterocycles. The van der Waals surface area contributed by atoms with Crippen molar-refractivity contribution in [1.82, 2.24) is 9.80 Å². The Labute approximate surface area is 127 Å². The van der Waals surface area contributed by atoms with Crippen LogP contribution in [-0.4, -0.2) is 59.2 Å². The largest absolute Gasteiger partial charge is 0.488 e. The molecule has 2 aliphatic heterocycles. The lowest BCUT2D eigenvalue weighted by Gasteiger charge is -2.32. The summed E-state index contributed by atoms with van der Waals surface area (Å²) in [6.07, 6.45) is 5.31. The van der Waals surface area contributed by atoms with Crippen LogP contribution in [-0.2, 0) is 6.54 Å². The SMILES string of the molecule is OB(O)c1ccccc1CN1CCC(N2CCCCC2)C1. The molecule has 0 amide bonds. The first kappa shape index (κ1) is 15.0. The minimum Gasteiger partial charge on any atom is -0.423 e. The van der Waals surface area contributed by atoms with Crippen LogP contribution >= 0.6 is 0 Å². The Morgan fingerprint density at radius 3 is 2.57 bits per heavy atom. The molecule has 0 bridgehead atoms. The van der Waals surface area contributed by atoms with Gasteiger partial charge in [-0.05, 0) is 43.4 Å². The number of likely N-dealkylation sites (tertiary alicyclic amines) is 2. The highest BCUT2D eigenvalue weighted by Gasteiger charge is 2.29. The van der Waals surface area contributed by atoms with Gasteiger partial charge in [-0.15, -0.1) is 0 Å². The second kappa shape index (κ2) is 6.92. The number of hydrogen-bond acceptors (Lipinski definition) is 4. The quantitative estimate of drug-likeness (QED) is 0.789. The summed E-state index contributed by atoms with van der Waals surface area (Å²) < 4.78 is 0. The molecule has 0 radical (unpaired) electrons. The van der Waals surface area contributed by atoms with E-state index < -0.39 is 7.12 Å². The highest BCUT2D eigenvalue weighted by Crippen LogP contribution is 2.21. The number of rotatable bonds is 4. The van der Waals surface area contributed by atoms with Crippen LogP contribution in [0.4, 0.5) is 0 Å². The topological polar surface area (TPSA) is 46.9 Å². The zero-order valence-electron chi connectivity index (χ0n) is 12.6. The molecule has 21 heavy (non-hydrogen) atoms. The fourth-order valence-corrected chi connectivity index (χ4v) is 3.71. The highest BCUT2D eigenvalue weighted by atomic mass is 16.4. The third-order valence-corrected chi connectivity index (χ3v) is 4.88. The third kappa shape index (κ3) is 3.66. The fraction of sp³-hybridized carbons (Fsp3) is 0.625. The third-order valence-electron chi connectivity index (χ3n) is 4.88. The molecule has 0 aromatic heterocycles. The summed E-state index contributed by atoms with van der Waals surface area (Å²) in [6, 6.07) is 8.33. The van der Waals surface area contributed by atoms with Gasteiger partial charge in [0.25, 0.3) is 0 Å². The van der Waals surface area contributed by atoms with E-state index in [1.807, 2.05) is 18.2 Å². The van der Waals surface area contributed by atoms with Gasteiger partial charge in [0.05, 0.1) is 0 Å². The zero-order chi connectivity index (χ0) is 14.7. The van der Waals surface area contributed by atoms with Gasteiger partial charge < -0.3 is 10.0 Å². The van der Waals surface area contributed by atoms with Crippen LogP contribution in [0.5, 0.6) is 0 Å². The Morgan fingerprint density at radius 2 is 1.81 bits per heavy atom. The van der Waals surface area contributed by atoms with Crippen LogP contribution in [0.25, 0.3) is 0 Å². The van der Waals surface area contributed by atoms with Crippen LogP contribution in [0, 0.1) is 0 Å². The lowest BCUT2D eigenvalue weighted by molar-refractivity contribution is 0.161. The molecule has 2 fully saturated rings. The second-order valence-electron chi connectivity index (χ2n) is 6.35. The first-order chi connectivity index (χ1) is 10.2. The molecule has 114 valence electrons. The van der Waals surface area contributed by atoms with E-state index in [0.29, 0.717) is 11.5 Å². The van der Waals surface area contributed by atoms with E-state index in [2.05, 4.69) is 9.80 Å². The maximum Gasteiger partial charge on any atom is 0.488 e. The van der Waals surface area contributed by atoms with Crippen molar-refractivity contribution in [3.05, 3.63) is 29.8 Å². The summed E-state index contributed by atoms with van der Waals surface area (Å²) >= 11 is 0. The van der Waals surface area contributed by atoms with Gasteiger partial charge in [0, 0.05) is 25.7 Å². The maximum absolute atomic E-state index is 9.46. The molecule has 0 saturated carbocycles. The normalized spacial score (nSPS) is 24.4. The molecule has 1 aromatic rings. The smallest absolute Gasteiger partial charge is 0.423 e. The van der Waals surface area contributed by atoms with E-state index >= 15 is 0 Å². The Kier molecular flexibility index (Phi) is 4.96. The highest BCUT2D eigenvalue weighted by molar-refractivity contribution is 6.59. The van der Waals surface area contributed by atoms with E-state index in [4.69, 9.17) is 0 Å². The molecule has 0 aliphatic carbocycles. The zero-order valence-corrected chi connectivity index (χ0v) is 12.6. The summed E-state index contributed by atoms with van der Waals surface area (Å²) in [5.74, 6) is 0. The molecule has 2 aliphatic rings. The summed E-state index contributed by atoms with van der Waals surface area (Å²) in [6.45, 7) is 5.54. The second-order valence-corrected chi connectivity index (χ2v) is 6.35. The van der Waals surface area contributed by atoms with Crippen LogP contribution in [0.15, 0.2) is 24.3 Å². The summed E-state index contributed by atoms with van der Waals surface area (Å²) in [7, 11) is -1.37. The Morgan fingerprint density at radius 1 is 1.05 bits per heavy atom. The molecule has 0 spiro atoms. The molecule has 3 rings (SSSR count). The fourth-order valence-electron chi connectivity index (χ4n) is 3.71. The molecule has 2 saturated heterocycles. The van der Waals surface area contributed by atoms with Gasteiger partial charge in [-0.3, -0.25) is 9.80 Å². The van der Waals surface area contributed by atoms with Gasteiger partial charge in [-0.2, -0.15) is 0 Å². The van der Waals surface area contributed by atoms with Crippen LogP contribution in [0.3, 0.4) is 0 Å². The summed E-state index contributed by atoms with van der Waals surface area (Å²) in [5, 5.41) is 18.9. The Bertz CT molecular complexity index is 463. The van der Waals surface area contributed by atoms with Gasteiger partial charge in [0.15, 0.2) is 0 Å². The van der Waals surface area contributed by atoms with Crippen molar-refractivity contribution in [3.63, 3.8) is 0 Å². The maximum atomic E-state index is 9.46. The first-order valence-electron chi connectivity index (χ1n) is 8.14. The predicted molar refractivity (Wildman–Crippen MR) is 85.4 cm³/mol. The van der Waals surface area contributed by atoms with Crippen LogP contribution in [0.1, 0.15) is 31.2 Å². The van der Waals surface area contributed by atoms with Crippen molar-refractivity contribution >= 4 is 12.6 Å². The van der Waals surface area contributed by atoms with E-state index in [1.165, 1.54) is 38.8 Å². The van der Waals surface area contributed by atoms with Gasteiger partial charge in [-0.25, -0.2) is 0 Å². The first-order valence-corrected chi connectivity index (χ1v) is 8.14. The number of nitrogens with zero attached hydrogens (tertiary/aromatic N) is 2. The standard InChI is InChI=1S/C16H25BN2O2/c20-17(21)16-7-3-2-6-14(16)12-18-11-8-15(13-18)19-9-4-1-5-10-19/h2-3,6-7,15,20-21H,1,4-5,8-13H2. The molecular formula is C16H25BN2O2. The molecular weight excluding hydrogens is 263 g/mol. The van der Waals surface area contributed by atoms with Crippen molar-refractivity contribution in [2.24, 2.45) is 0 Å². The summed E-state index contributed by atoms with van der Waals surface area (Å²) in [4.78, 5) is 5.09. The molecule has 5 heteroatoms. The van der Waals surface area contributed by atoms with Crippen LogP contribution in [0.2, 0.25) is 0 Å². The van der Waals surface area contributed by atoms with Crippen LogP contribution < -0.4 is 5.46 Å².